The first-order valence-electron chi connectivity index (χ1n) is 9.63. The predicted octanol–water partition coefficient (Wildman–Crippen LogP) is 6.42. The lowest BCUT2D eigenvalue weighted by Gasteiger charge is -2.09. The van der Waals surface area contributed by atoms with Crippen molar-refractivity contribution in [1.29, 1.82) is 0 Å². The molecular weight excluding hydrogens is 411 g/mol. The Hall–Kier alpha value is -1.69. The topological polar surface area (TPSA) is 43.1 Å². The number of thiophene rings is 1. The van der Waals surface area contributed by atoms with Crippen molar-refractivity contribution in [3.63, 3.8) is 0 Å². The minimum absolute atomic E-state index is 0.465. The highest BCUT2D eigenvalue weighted by molar-refractivity contribution is 7.15. The van der Waals surface area contributed by atoms with Crippen molar-refractivity contribution in [2.75, 3.05) is 0 Å². The van der Waals surface area contributed by atoms with E-state index in [0.717, 1.165) is 39.9 Å². The number of benzene rings is 1. The quantitative estimate of drug-likeness (QED) is 0.421. The van der Waals surface area contributed by atoms with Gasteiger partial charge >= 0.3 is 0 Å². The minimum atomic E-state index is 0.465. The third-order valence-electron chi connectivity index (χ3n) is 4.98. The van der Waals surface area contributed by atoms with E-state index in [1.54, 1.807) is 17.4 Å². The summed E-state index contributed by atoms with van der Waals surface area (Å²) in [5, 5.41) is 10.8. The summed E-state index contributed by atoms with van der Waals surface area (Å²) in [4.78, 5) is 6.23. The Labute approximate surface area is 179 Å². The smallest absolute Gasteiger partial charge is 0.160 e. The number of rotatable bonds is 6. The summed E-state index contributed by atoms with van der Waals surface area (Å²) in [6.45, 7) is 4.69. The van der Waals surface area contributed by atoms with Gasteiger partial charge < -0.3 is 0 Å². The Morgan fingerprint density at radius 2 is 1.96 bits per heavy atom. The molecule has 0 fully saturated rings. The van der Waals surface area contributed by atoms with Gasteiger partial charge in [0.2, 0.25) is 0 Å². The predicted molar refractivity (Wildman–Crippen MR) is 118 cm³/mol. The number of halogens is 2. The van der Waals surface area contributed by atoms with E-state index in [9.17, 15) is 0 Å². The first-order valence-corrected chi connectivity index (χ1v) is 11.2. The average Bonchev–Trinajstić information content (AvgIpc) is 3.22. The molecule has 0 N–H and O–H groups in total. The van der Waals surface area contributed by atoms with Crippen molar-refractivity contribution in [2.45, 2.75) is 52.5 Å². The van der Waals surface area contributed by atoms with Crippen LogP contribution in [0.15, 0.2) is 29.3 Å². The van der Waals surface area contributed by atoms with Crippen molar-refractivity contribution in [1.82, 2.24) is 14.8 Å². The fourth-order valence-electron chi connectivity index (χ4n) is 3.54. The molecule has 1 aliphatic rings. The van der Waals surface area contributed by atoms with Crippen LogP contribution in [0.1, 0.15) is 60.3 Å². The fraction of sp³-hybridized carbons (Fsp3) is 0.381. The van der Waals surface area contributed by atoms with E-state index in [-0.39, 0.29) is 0 Å². The second-order valence-electron chi connectivity index (χ2n) is 7.01. The molecular formula is C21H22Cl2N4S. The van der Waals surface area contributed by atoms with Gasteiger partial charge in [-0.05, 0) is 31.9 Å². The van der Waals surface area contributed by atoms with Crippen LogP contribution in [0.4, 0.5) is 0 Å². The van der Waals surface area contributed by atoms with Crippen molar-refractivity contribution in [3.8, 4) is 5.00 Å². The van der Waals surface area contributed by atoms with Gasteiger partial charge in [0, 0.05) is 16.0 Å². The van der Waals surface area contributed by atoms with E-state index < -0.39 is 0 Å². The maximum atomic E-state index is 6.54. The normalized spacial score (nSPS) is 13.1. The first-order chi connectivity index (χ1) is 13.6. The lowest BCUT2D eigenvalue weighted by Crippen LogP contribution is -2.06. The Balaban J connectivity index is 1.80. The van der Waals surface area contributed by atoms with Crippen LogP contribution >= 0.6 is 34.5 Å². The Morgan fingerprint density at radius 1 is 1.11 bits per heavy atom. The molecule has 0 amide bonds. The molecule has 0 saturated heterocycles. The molecule has 0 saturated carbocycles. The number of aliphatic imine (C=N–C) groups is 1. The van der Waals surface area contributed by atoms with Crippen LogP contribution in [0.25, 0.3) is 5.00 Å². The highest BCUT2D eigenvalue weighted by atomic mass is 35.5. The Morgan fingerprint density at radius 3 is 2.79 bits per heavy atom. The highest BCUT2D eigenvalue weighted by Crippen LogP contribution is 2.36. The molecule has 4 nitrogen and oxygen atoms in total. The largest absolute Gasteiger partial charge is 0.276 e. The summed E-state index contributed by atoms with van der Waals surface area (Å²) in [5.41, 5.74) is 2.83. The van der Waals surface area contributed by atoms with E-state index >= 15 is 0 Å². The van der Waals surface area contributed by atoms with Gasteiger partial charge in [0.15, 0.2) is 5.82 Å². The number of aromatic nitrogens is 3. The van der Waals surface area contributed by atoms with Crippen LogP contribution in [-0.2, 0) is 13.0 Å². The lowest BCUT2D eigenvalue weighted by molar-refractivity contribution is 0.670. The third kappa shape index (κ3) is 3.63. The SMILES string of the molecule is CCCCCCc1cc2c(s1)-n1c(C)nnc1CN=C2c1cccc(Cl)c1Cl. The first kappa shape index (κ1) is 19.6. The highest BCUT2D eigenvalue weighted by Gasteiger charge is 2.25. The molecule has 4 rings (SSSR count). The standard InChI is InChI=1S/C21H22Cl2N4S/c1-3-4-5-6-8-14-11-16-20(15-9-7-10-17(22)19(15)23)24-12-18-26-25-13(2)27(18)21(16)28-14/h7,9-11H,3-6,8,12H2,1-2H3. The zero-order chi connectivity index (χ0) is 19.7. The molecule has 0 unspecified atom stereocenters. The zero-order valence-corrected chi connectivity index (χ0v) is 18.3. The molecule has 2 aromatic heterocycles. The van der Waals surface area contributed by atoms with E-state index in [2.05, 4.69) is 27.8 Å². The van der Waals surface area contributed by atoms with E-state index in [0.29, 0.717) is 16.6 Å². The maximum absolute atomic E-state index is 6.54. The van der Waals surface area contributed by atoms with Crippen LogP contribution in [0.5, 0.6) is 0 Å². The van der Waals surface area contributed by atoms with Gasteiger partial charge in [-0.2, -0.15) is 0 Å². The second kappa shape index (κ2) is 8.36. The van der Waals surface area contributed by atoms with Gasteiger partial charge in [0.1, 0.15) is 17.4 Å². The molecule has 0 atom stereocenters. The molecule has 146 valence electrons. The van der Waals surface area contributed by atoms with E-state index in [4.69, 9.17) is 28.2 Å². The van der Waals surface area contributed by atoms with Gasteiger partial charge in [-0.3, -0.25) is 9.56 Å². The molecule has 1 aliphatic heterocycles. The Bertz CT molecular complexity index is 1040. The van der Waals surface area contributed by atoms with Crippen molar-refractivity contribution in [3.05, 3.63) is 62.0 Å². The summed E-state index contributed by atoms with van der Waals surface area (Å²) < 4.78 is 2.13. The van der Waals surface area contributed by atoms with Crippen LogP contribution in [0, 0.1) is 6.92 Å². The lowest BCUT2D eigenvalue weighted by atomic mass is 10.0. The van der Waals surface area contributed by atoms with Crippen LogP contribution in [-0.4, -0.2) is 20.5 Å². The molecule has 7 heteroatoms. The second-order valence-corrected chi connectivity index (χ2v) is 8.91. The summed E-state index contributed by atoms with van der Waals surface area (Å²) in [6, 6.07) is 7.96. The zero-order valence-electron chi connectivity index (χ0n) is 16.0. The number of hydrogen-bond donors (Lipinski definition) is 0. The van der Waals surface area contributed by atoms with Gasteiger partial charge in [0.05, 0.1) is 15.8 Å². The van der Waals surface area contributed by atoms with Crippen LogP contribution in [0.2, 0.25) is 10.0 Å². The Kier molecular flexibility index (Phi) is 5.85. The molecule has 3 heterocycles. The van der Waals surface area contributed by atoms with Crippen molar-refractivity contribution in [2.24, 2.45) is 4.99 Å². The molecule has 0 aliphatic carbocycles. The van der Waals surface area contributed by atoms with Crippen LogP contribution in [0.3, 0.4) is 0 Å². The summed E-state index contributed by atoms with van der Waals surface area (Å²) in [5.74, 6) is 1.73. The van der Waals surface area contributed by atoms with Gasteiger partial charge in [-0.15, -0.1) is 21.5 Å². The third-order valence-corrected chi connectivity index (χ3v) is 6.97. The number of nitrogens with zero attached hydrogens (tertiary/aromatic N) is 4. The molecule has 0 bridgehead atoms. The molecule has 28 heavy (non-hydrogen) atoms. The number of fused-ring (bicyclic) bond motifs is 3. The summed E-state index contributed by atoms with van der Waals surface area (Å²) in [6.07, 6.45) is 6.06. The average molecular weight is 433 g/mol. The van der Waals surface area contributed by atoms with Crippen molar-refractivity contribution < 1.29 is 0 Å². The van der Waals surface area contributed by atoms with Gasteiger partial charge in [-0.25, -0.2) is 0 Å². The maximum Gasteiger partial charge on any atom is 0.160 e. The summed E-state index contributed by atoms with van der Waals surface area (Å²) >= 11 is 14.6. The molecule has 0 radical (unpaired) electrons. The minimum Gasteiger partial charge on any atom is -0.276 e. The monoisotopic (exact) mass is 432 g/mol. The van der Waals surface area contributed by atoms with Crippen LogP contribution < -0.4 is 0 Å². The number of hydrogen-bond acceptors (Lipinski definition) is 4. The molecule has 0 spiro atoms. The summed E-state index contributed by atoms with van der Waals surface area (Å²) in [7, 11) is 0. The van der Waals surface area contributed by atoms with Gasteiger partial charge in [-0.1, -0.05) is 61.5 Å². The van der Waals surface area contributed by atoms with Crippen molar-refractivity contribution >= 4 is 40.3 Å². The van der Waals surface area contributed by atoms with Gasteiger partial charge in [0.25, 0.3) is 0 Å². The van der Waals surface area contributed by atoms with E-state index in [1.807, 2.05) is 19.1 Å². The number of unbranched alkanes of at least 4 members (excludes halogenated alkanes) is 3. The molecule has 1 aromatic carbocycles. The fourth-order valence-corrected chi connectivity index (χ4v) is 5.20. The van der Waals surface area contributed by atoms with E-state index in [1.165, 1.54) is 30.6 Å². The number of aryl methyl sites for hydroxylation is 2. The molecule has 3 aromatic rings.